The van der Waals surface area contributed by atoms with Crippen LogP contribution in [0.5, 0.6) is 0 Å². The number of hydrogen-bond donors (Lipinski definition) is 2. The maximum Gasteiger partial charge on any atom is 0.267 e. The van der Waals surface area contributed by atoms with Crippen molar-refractivity contribution in [3.05, 3.63) is 29.6 Å². The molecule has 102 valence electrons. The second-order valence-corrected chi connectivity index (χ2v) is 5.85. The lowest BCUT2D eigenvalue weighted by Gasteiger charge is -2.29. The molecule has 0 bridgehead atoms. The molecule has 19 heavy (non-hydrogen) atoms. The number of nitrogens with zero attached hydrogens (tertiary/aromatic N) is 2. The Morgan fingerprint density at radius 3 is 2.47 bits per heavy atom. The van der Waals surface area contributed by atoms with E-state index in [1.807, 2.05) is 20.8 Å². The lowest BCUT2D eigenvalue weighted by molar-refractivity contribution is -0.904. The third kappa shape index (κ3) is 2.31. The molecule has 1 unspecified atom stereocenters. The van der Waals surface area contributed by atoms with Gasteiger partial charge in [-0.05, 0) is 5.41 Å². The summed E-state index contributed by atoms with van der Waals surface area (Å²) < 4.78 is 0.761. The standard InChI is InChI=1S/C13H18N3O3/c1-13(2,3)10(14)7-16-11(17)8-4-5-15(19)6-9(8)12(16)18/h4-6,10,19H,7,14H2,1-3H3/q+1. The summed E-state index contributed by atoms with van der Waals surface area (Å²) in [7, 11) is 0. The smallest absolute Gasteiger partial charge is 0.267 e. The van der Waals surface area contributed by atoms with Gasteiger partial charge < -0.3 is 5.73 Å². The van der Waals surface area contributed by atoms with Crippen molar-refractivity contribution in [1.29, 1.82) is 0 Å². The van der Waals surface area contributed by atoms with Gasteiger partial charge in [0, 0.05) is 23.4 Å². The Kier molecular flexibility index (Phi) is 3.06. The predicted octanol–water partition coefficient (Wildman–Crippen LogP) is 0.181. The fourth-order valence-electron chi connectivity index (χ4n) is 1.86. The van der Waals surface area contributed by atoms with Crippen molar-refractivity contribution in [2.75, 3.05) is 6.54 Å². The Balaban J connectivity index is 2.28. The topological polar surface area (TPSA) is 87.5 Å². The molecule has 6 heteroatoms. The Hall–Kier alpha value is -1.95. The molecule has 0 saturated carbocycles. The average Bonchev–Trinajstić information content (AvgIpc) is 2.53. The van der Waals surface area contributed by atoms with Gasteiger partial charge in [0.2, 0.25) is 12.4 Å². The molecule has 0 radical (unpaired) electrons. The van der Waals surface area contributed by atoms with Gasteiger partial charge in [-0.2, -0.15) is 0 Å². The SMILES string of the molecule is CC(C)(C)C(N)CN1C(=O)c2cc[n+](O)cc2C1=O. The fraction of sp³-hybridized carbons (Fsp3) is 0.462. The van der Waals surface area contributed by atoms with E-state index in [0.29, 0.717) is 5.56 Å². The molecule has 0 aromatic carbocycles. The summed E-state index contributed by atoms with van der Waals surface area (Å²) in [6.45, 7) is 6.04. The molecule has 2 rings (SSSR count). The number of carbonyl (C=O) groups excluding carboxylic acids is 2. The van der Waals surface area contributed by atoms with Crippen LogP contribution in [0.3, 0.4) is 0 Å². The Morgan fingerprint density at radius 1 is 1.32 bits per heavy atom. The lowest BCUT2D eigenvalue weighted by atomic mass is 9.87. The minimum Gasteiger partial charge on any atom is -0.326 e. The van der Waals surface area contributed by atoms with Crippen molar-refractivity contribution >= 4 is 11.8 Å². The number of fused-ring (bicyclic) bond motifs is 1. The summed E-state index contributed by atoms with van der Waals surface area (Å²) in [5.74, 6) is -0.775. The van der Waals surface area contributed by atoms with Crippen LogP contribution in [-0.2, 0) is 0 Å². The molecule has 0 saturated heterocycles. The molecule has 2 heterocycles. The van der Waals surface area contributed by atoms with E-state index in [-0.39, 0.29) is 29.5 Å². The normalized spacial score (nSPS) is 16.7. The van der Waals surface area contributed by atoms with Gasteiger partial charge >= 0.3 is 0 Å². The molecule has 0 spiro atoms. The first-order valence-corrected chi connectivity index (χ1v) is 6.08. The molecule has 6 nitrogen and oxygen atoms in total. The van der Waals surface area contributed by atoms with E-state index < -0.39 is 5.91 Å². The van der Waals surface area contributed by atoms with Crippen LogP contribution in [0.4, 0.5) is 0 Å². The number of hydrogen-bond acceptors (Lipinski definition) is 4. The Morgan fingerprint density at radius 2 is 1.89 bits per heavy atom. The number of amides is 2. The first-order chi connectivity index (χ1) is 8.71. The second kappa shape index (κ2) is 4.31. The Labute approximate surface area is 111 Å². The zero-order chi connectivity index (χ0) is 14.4. The van der Waals surface area contributed by atoms with Crippen LogP contribution in [0.1, 0.15) is 41.5 Å². The summed E-state index contributed by atoms with van der Waals surface area (Å²) in [6.07, 6.45) is 2.55. The van der Waals surface area contributed by atoms with E-state index in [1.165, 1.54) is 18.5 Å². The van der Waals surface area contributed by atoms with Crippen molar-refractivity contribution in [3.63, 3.8) is 0 Å². The van der Waals surface area contributed by atoms with Crippen molar-refractivity contribution in [2.24, 2.45) is 11.1 Å². The maximum absolute atomic E-state index is 12.1. The van der Waals surface area contributed by atoms with Crippen molar-refractivity contribution < 1.29 is 19.5 Å². The van der Waals surface area contributed by atoms with E-state index in [9.17, 15) is 14.8 Å². The van der Waals surface area contributed by atoms with Crippen molar-refractivity contribution in [3.8, 4) is 0 Å². The third-order valence-corrected chi connectivity index (χ3v) is 3.39. The first kappa shape index (κ1) is 13.5. The van der Waals surface area contributed by atoms with Gasteiger partial charge in [0.25, 0.3) is 11.8 Å². The predicted molar refractivity (Wildman–Crippen MR) is 66.6 cm³/mol. The van der Waals surface area contributed by atoms with Crippen LogP contribution in [0, 0.1) is 5.41 Å². The zero-order valence-corrected chi connectivity index (χ0v) is 11.3. The van der Waals surface area contributed by atoms with Crippen LogP contribution in [0.25, 0.3) is 0 Å². The molecule has 2 amide bonds. The highest BCUT2D eigenvalue weighted by Gasteiger charge is 2.40. The van der Waals surface area contributed by atoms with Crippen LogP contribution in [0.2, 0.25) is 0 Å². The van der Waals surface area contributed by atoms with Gasteiger partial charge in [0.15, 0.2) is 0 Å². The summed E-state index contributed by atoms with van der Waals surface area (Å²) in [6, 6.07) is 1.12. The molecule has 0 fully saturated rings. The van der Waals surface area contributed by atoms with Crippen molar-refractivity contribution in [1.82, 2.24) is 4.90 Å². The van der Waals surface area contributed by atoms with E-state index in [4.69, 9.17) is 5.73 Å². The van der Waals surface area contributed by atoms with Crippen LogP contribution >= 0.6 is 0 Å². The third-order valence-electron chi connectivity index (χ3n) is 3.39. The average molecular weight is 264 g/mol. The van der Waals surface area contributed by atoms with Crippen molar-refractivity contribution in [2.45, 2.75) is 26.8 Å². The van der Waals surface area contributed by atoms with Gasteiger partial charge in [-0.1, -0.05) is 20.8 Å². The maximum atomic E-state index is 12.1. The minimum atomic E-state index is -0.414. The van der Waals surface area contributed by atoms with E-state index >= 15 is 0 Å². The van der Waals surface area contributed by atoms with Crippen LogP contribution in [0.15, 0.2) is 18.5 Å². The number of nitrogens with two attached hydrogens (primary N) is 1. The highest BCUT2D eigenvalue weighted by molar-refractivity contribution is 6.21. The monoisotopic (exact) mass is 264 g/mol. The number of pyridine rings is 1. The highest BCUT2D eigenvalue weighted by Crippen LogP contribution is 2.24. The number of imide groups is 1. The number of aromatic nitrogens is 1. The molecule has 1 aromatic rings. The van der Waals surface area contributed by atoms with E-state index in [2.05, 4.69) is 0 Å². The highest BCUT2D eigenvalue weighted by atomic mass is 16.5. The number of carbonyl (C=O) groups is 2. The van der Waals surface area contributed by atoms with E-state index in [1.54, 1.807) is 0 Å². The zero-order valence-electron chi connectivity index (χ0n) is 11.3. The van der Waals surface area contributed by atoms with Crippen LogP contribution < -0.4 is 10.5 Å². The van der Waals surface area contributed by atoms with Gasteiger partial charge in [-0.25, -0.2) is 0 Å². The molecule has 0 aliphatic carbocycles. The molecule has 3 N–H and O–H groups in total. The quantitative estimate of drug-likeness (QED) is 0.453. The second-order valence-electron chi connectivity index (χ2n) is 5.85. The largest absolute Gasteiger partial charge is 0.326 e. The van der Waals surface area contributed by atoms with E-state index in [0.717, 1.165) is 9.63 Å². The fourth-order valence-corrected chi connectivity index (χ4v) is 1.86. The summed E-state index contributed by atoms with van der Waals surface area (Å²) in [5, 5.41) is 9.31. The summed E-state index contributed by atoms with van der Waals surface area (Å²) in [4.78, 5) is 25.4. The lowest BCUT2D eigenvalue weighted by Crippen LogP contribution is -2.47. The molecule has 1 aromatic heterocycles. The first-order valence-electron chi connectivity index (χ1n) is 6.08. The Bertz CT molecular complexity index is 549. The minimum absolute atomic E-state index is 0.168. The number of rotatable bonds is 2. The van der Waals surface area contributed by atoms with Gasteiger partial charge in [0.1, 0.15) is 5.56 Å². The summed E-state index contributed by atoms with van der Waals surface area (Å²) >= 11 is 0. The molecule has 1 aliphatic rings. The summed E-state index contributed by atoms with van der Waals surface area (Å²) in [5.41, 5.74) is 6.32. The van der Waals surface area contributed by atoms with Gasteiger partial charge in [-0.3, -0.25) is 19.7 Å². The molecular formula is C13H18N3O3+. The van der Waals surface area contributed by atoms with Crippen LogP contribution in [-0.4, -0.2) is 34.5 Å². The molecule has 1 aliphatic heterocycles. The van der Waals surface area contributed by atoms with Gasteiger partial charge in [0.05, 0.1) is 5.56 Å². The molecule has 1 atom stereocenters. The van der Waals surface area contributed by atoms with Gasteiger partial charge in [-0.15, -0.1) is 0 Å². The molecular weight excluding hydrogens is 246 g/mol.